The fourth-order valence-corrected chi connectivity index (χ4v) is 3.68. The molecule has 2 rings (SSSR count). The minimum absolute atomic E-state index is 0.108. The van der Waals surface area contributed by atoms with Crippen LogP contribution in [0.5, 0.6) is 0 Å². The fourth-order valence-electron chi connectivity index (χ4n) is 2.56. The van der Waals surface area contributed by atoms with Crippen LogP contribution in [0.2, 0.25) is 0 Å². The molecule has 0 unspecified atom stereocenters. The highest BCUT2D eigenvalue weighted by atomic mass is 32.2. The molecule has 1 amide bonds. The molecule has 0 radical (unpaired) electrons. The number of carbonyl (C=O) groups is 1. The molecular weight excluding hydrogens is 348 g/mol. The predicted molar refractivity (Wildman–Crippen MR) is 105 cm³/mol. The second-order valence-corrected chi connectivity index (χ2v) is 8.12. The molecule has 0 bridgehead atoms. The number of aryl methyl sites for hydroxylation is 2. The summed E-state index contributed by atoms with van der Waals surface area (Å²) in [6, 6.07) is 11.8. The summed E-state index contributed by atoms with van der Waals surface area (Å²) < 4.78 is 27.8. The standard InChI is InChI=1S/C20H26N2O3S/c1-5-17(6-2)21-20(23)16-10-9-15(4)19(13-16)22-26(24,25)18-11-7-14(3)8-12-18/h7-13,17,22H,5-6H2,1-4H3,(H,21,23). The molecule has 0 aliphatic rings. The van der Waals surface area contributed by atoms with Crippen molar-refractivity contribution in [3.8, 4) is 0 Å². The maximum Gasteiger partial charge on any atom is 0.261 e. The average molecular weight is 375 g/mol. The number of hydrogen-bond acceptors (Lipinski definition) is 3. The molecule has 2 aromatic rings. The van der Waals surface area contributed by atoms with E-state index in [0.717, 1.165) is 24.0 Å². The Morgan fingerprint density at radius 1 is 1.00 bits per heavy atom. The lowest BCUT2D eigenvalue weighted by molar-refractivity contribution is 0.0935. The zero-order valence-corrected chi connectivity index (χ0v) is 16.5. The number of rotatable bonds is 7. The molecule has 0 saturated carbocycles. The van der Waals surface area contributed by atoms with Crippen molar-refractivity contribution in [3.63, 3.8) is 0 Å². The number of carbonyl (C=O) groups excluding carboxylic acids is 1. The first-order chi connectivity index (χ1) is 12.3. The van der Waals surface area contributed by atoms with Crippen molar-refractivity contribution in [2.45, 2.75) is 51.5 Å². The van der Waals surface area contributed by atoms with Gasteiger partial charge in [-0.15, -0.1) is 0 Å². The summed E-state index contributed by atoms with van der Waals surface area (Å²) in [5, 5.41) is 2.96. The van der Waals surface area contributed by atoms with Crippen molar-refractivity contribution in [2.24, 2.45) is 0 Å². The van der Waals surface area contributed by atoms with E-state index in [4.69, 9.17) is 0 Å². The van der Waals surface area contributed by atoms with Crippen molar-refractivity contribution in [2.75, 3.05) is 4.72 Å². The van der Waals surface area contributed by atoms with Crippen molar-refractivity contribution in [3.05, 3.63) is 59.2 Å². The van der Waals surface area contributed by atoms with Crippen LogP contribution in [0.1, 0.15) is 48.2 Å². The normalized spacial score (nSPS) is 11.4. The Labute approximate surface area is 155 Å². The van der Waals surface area contributed by atoms with E-state index in [1.165, 1.54) is 0 Å². The third kappa shape index (κ3) is 4.85. The van der Waals surface area contributed by atoms with Crippen molar-refractivity contribution >= 4 is 21.6 Å². The number of amides is 1. The first kappa shape index (κ1) is 20.0. The van der Waals surface area contributed by atoms with Gasteiger partial charge in [0.05, 0.1) is 10.6 Å². The summed E-state index contributed by atoms with van der Waals surface area (Å²) in [6.07, 6.45) is 1.70. The molecular formula is C20H26N2O3S. The van der Waals surface area contributed by atoms with Crippen molar-refractivity contribution < 1.29 is 13.2 Å². The summed E-state index contributed by atoms with van der Waals surface area (Å²) in [7, 11) is -3.71. The van der Waals surface area contributed by atoms with E-state index >= 15 is 0 Å². The molecule has 0 saturated heterocycles. The van der Waals surface area contributed by atoms with Gasteiger partial charge in [0.15, 0.2) is 0 Å². The van der Waals surface area contributed by atoms with Gasteiger partial charge in [0.25, 0.3) is 15.9 Å². The van der Waals surface area contributed by atoms with E-state index in [2.05, 4.69) is 10.0 Å². The van der Waals surface area contributed by atoms with E-state index in [1.807, 2.05) is 20.8 Å². The summed E-state index contributed by atoms with van der Waals surface area (Å²) in [5.41, 5.74) is 2.58. The molecule has 6 heteroatoms. The smallest absolute Gasteiger partial charge is 0.261 e. The van der Waals surface area contributed by atoms with Gasteiger partial charge in [0, 0.05) is 11.6 Å². The lowest BCUT2D eigenvalue weighted by Gasteiger charge is -2.16. The Morgan fingerprint density at radius 2 is 1.62 bits per heavy atom. The molecule has 0 heterocycles. The molecule has 140 valence electrons. The number of anilines is 1. The second kappa shape index (κ2) is 8.36. The number of sulfonamides is 1. The van der Waals surface area contributed by atoms with E-state index in [1.54, 1.807) is 49.4 Å². The van der Waals surface area contributed by atoms with E-state index < -0.39 is 10.0 Å². The van der Waals surface area contributed by atoms with Crippen LogP contribution in [-0.4, -0.2) is 20.4 Å². The van der Waals surface area contributed by atoms with Gasteiger partial charge in [-0.2, -0.15) is 0 Å². The van der Waals surface area contributed by atoms with Crippen LogP contribution in [0.25, 0.3) is 0 Å². The lowest BCUT2D eigenvalue weighted by atomic mass is 10.1. The molecule has 26 heavy (non-hydrogen) atoms. The zero-order chi connectivity index (χ0) is 19.3. The van der Waals surface area contributed by atoms with Gasteiger partial charge < -0.3 is 5.32 Å². The molecule has 0 atom stereocenters. The van der Waals surface area contributed by atoms with Crippen LogP contribution in [0.3, 0.4) is 0 Å². The van der Waals surface area contributed by atoms with Crippen LogP contribution in [0, 0.1) is 13.8 Å². The fraction of sp³-hybridized carbons (Fsp3) is 0.350. The van der Waals surface area contributed by atoms with Crippen LogP contribution in [0.15, 0.2) is 47.4 Å². The Kier molecular flexibility index (Phi) is 6.42. The highest BCUT2D eigenvalue weighted by molar-refractivity contribution is 7.92. The third-order valence-electron chi connectivity index (χ3n) is 4.40. The first-order valence-electron chi connectivity index (χ1n) is 8.77. The van der Waals surface area contributed by atoms with E-state index in [0.29, 0.717) is 11.3 Å². The van der Waals surface area contributed by atoms with E-state index in [-0.39, 0.29) is 16.8 Å². The maximum absolute atomic E-state index is 12.6. The van der Waals surface area contributed by atoms with Gasteiger partial charge in [-0.1, -0.05) is 37.6 Å². The molecule has 0 aliphatic carbocycles. The molecule has 5 nitrogen and oxygen atoms in total. The van der Waals surface area contributed by atoms with Crippen LogP contribution >= 0.6 is 0 Å². The van der Waals surface area contributed by atoms with E-state index in [9.17, 15) is 13.2 Å². The van der Waals surface area contributed by atoms with Gasteiger partial charge >= 0.3 is 0 Å². The molecule has 2 N–H and O–H groups in total. The SMILES string of the molecule is CCC(CC)NC(=O)c1ccc(C)c(NS(=O)(=O)c2ccc(C)cc2)c1. The average Bonchev–Trinajstić information content (AvgIpc) is 2.61. The largest absolute Gasteiger partial charge is 0.349 e. The zero-order valence-electron chi connectivity index (χ0n) is 15.7. The highest BCUT2D eigenvalue weighted by Gasteiger charge is 2.17. The number of nitrogens with one attached hydrogen (secondary N) is 2. The Bertz CT molecular complexity index is 870. The Balaban J connectivity index is 2.27. The molecule has 0 aromatic heterocycles. The predicted octanol–water partition coefficient (Wildman–Crippen LogP) is 4.02. The van der Waals surface area contributed by atoms with Crippen molar-refractivity contribution in [1.29, 1.82) is 0 Å². The molecule has 0 spiro atoms. The minimum Gasteiger partial charge on any atom is -0.349 e. The van der Waals surface area contributed by atoms with Gasteiger partial charge in [0.1, 0.15) is 0 Å². The molecule has 0 fully saturated rings. The maximum atomic E-state index is 12.6. The van der Waals surface area contributed by atoms with Crippen LogP contribution < -0.4 is 10.0 Å². The van der Waals surface area contributed by atoms with Gasteiger partial charge in [0.2, 0.25) is 0 Å². The monoisotopic (exact) mass is 374 g/mol. The first-order valence-corrected chi connectivity index (χ1v) is 10.3. The minimum atomic E-state index is -3.71. The lowest BCUT2D eigenvalue weighted by Crippen LogP contribution is -2.33. The van der Waals surface area contributed by atoms with Crippen LogP contribution in [-0.2, 0) is 10.0 Å². The topological polar surface area (TPSA) is 75.3 Å². The molecule has 2 aromatic carbocycles. The third-order valence-corrected chi connectivity index (χ3v) is 5.78. The number of benzene rings is 2. The summed E-state index contributed by atoms with van der Waals surface area (Å²) in [4.78, 5) is 12.6. The Hall–Kier alpha value is -2.34. The Morgan fingerprint density at radius 3 is 2.19 bits per heavy atom. The highest BCUT2D eigenvalue weighted by Crippen LogP contribution is 2.22. The van der Waals surface area contributed by atoms with Gasteiger partial charge in [-0.3, -0.25) is 9.52 Å². The second-order valence-electron chi connectivity index (χ2n) is 6.44. The summed E-state index contributed by atoms with van der Waals surface area (Å²) in [6.45, 7) is 7.74. The molecule has 0 aliphatic heterocycles. The van der Waals surface area contributed by atoms with Gasteiger partial charge in [-0.25, -0.2) is 8.42 Å². The summed E-state index contributed by atoms with van der Waals surface area (Å²) in [5.74, 6) is -0.200. The van der Waals surface area contributed by atoms with Crippen LogP contribution in [0.4, 0.5) is 5.69 Å². The number of hydrogen-bond donors (Lipinski definition) is 2. The summed E-state index contributed by atoms with van der Waals surface area (Å²) >= 11 is 0. The van der Waals surface area contributed by atoms with Gasteiger partial charge in [-0.05, 0) is 56.5 Å². The van der Waals surface area contributed by atoms with Crippen molar-refractivity contribution in [1.82, 2.24) is 5.32 Å². The quantitative estimate of drug-likeness (QED) is 0.768.